The first-order valence-corrected chi connectivity index (χ1v) is 6.71. The van der Waals surface area contributed by atoms with E-state index in [0.717, 1.165) is 31.0 Å². The molecule has 18 heavy (non-hydrogen) atoms. The first kappa shape index (κ1) is 13.1. The van der Waals surface area contributed by atoms with E-state index < -0.39 is 0 Å². The predicted molar refractivity (Wildman–Crippen MR) is 70.2 cm³/mol. The summed E-state index contributed by atoms with van der Waals surface area (Å²) in [6.45, 7) is 6.01. The van der Waals surface area contributed by atoms with Crippen molar-refractivity contribution in [3.05, 3.63) is 23.7 Å². The summed E-state index contributed by atoms with van der Waals surface area (Å²) in [5.74, 6) is 2.48. The van der Waals surface area contributed by atoms with Crippen molar-refractivity contribution in [3.8, 4) is 0 Å². The Hall–Kier alpha value is -1.29. The van der Waals surface area contributed by atoms with Crippen molar-refractivity contribution in [2.45, 2.75) is 39.2 Å². The molecule has 2 rings (SSSR count). The molecule has 4 heteroatoms. The molecular formula is C14H22N2O2. The minimum Gasteiger partial charge on any atom is -0.464 e. The third kappa shape index (κ3) is 3.60. The molecule has 0 bridgehead atoms. The van der Waals surface area contributed by atoms with E-state index in [4.69, 9.17) is 4.42 Å². The van der Waals surface area contributed by atoms with Gasteiger partial charge < -0.3 is 15.1 Å². The minimum absolute atomic E-state index is 0.0482. The predicted octanol–water partition coefficient (Wildman–Crippen LogP) is 2.15. The summed E-state index contributed by atoms with van der Waals surface area (Å²) < 4.78 is 5.50. The van der Waals surface area contributed by atoms with Crippen molar-refractivity contribution >= 4 is 5.91 Å². The number of hydrogen-bond acceptors (Lipinski definition) is 3. The molecule has 2 N–H and O–H groups in total. The smallest absolute Gasteiger partial charge is 0.220 e. The molecule has 4 nitrogen and oxygen atoms in total. The van der Waals surface area contributed by atoms with E-state index in [0.29, 0.717) is 12.3 Å². The van der Waals surface area contributed by atoms with Crippen LogP contribution in [0.5, 0.6) is 0 Å². The van der Waals surface area contributed by atoms with Crippen LogP contribution in [0.1, 0.15) is 43.7 Å². The highest BCUT2D eigenvalue weighted by Crippen LogP contribution is 2.17. The van der Waals surface area contributed by atoms with Crippen molar-refractivity contribution in [2.75, 3.05) is 13.1 Å². The second-order valence-electron chi connectivity index (χ2n) is 5.14. The summed E-state index contributed by atoms with van der Waals surface area (Å²) in [5, 5.41) is 6.30. The zero-order valence-corrected chi connectivity index (χ0v) is 11.2. The van der Waals surface area contributed by atoms with Gasteiger partial charge in [-0.3, -0.25) is 4.79 Å². The normalized spacial score (nSPS) is 20.9. The van der Waals surface area contributed by atoms with Crippen LogP contribution >= 0.6 is 0 Å². The van der Waals surface area contributed by atoms with Gasteiger partial charge in [0.15, 0.2) is 0 Å². The number of amides is 1. The summed E-state index contributed by atoms with van der Waals surface area (Å²) in [4.78, 5) is 11.8. The van der Waals surface area contributed by atoms with Gasteiger partial charge >= 0.3 is 0 Å². The van der Waals surface area contributed by atoms with Gasteiger partial charge in [-0.2, -0.15) is 0 Å². The van der Waals surface area contributed by atoms with Gasteiger partial charge in [-0.15, -0.1) is 0 Å². The van der Waals surface area contributed by atoms with Gasteiger partial charge in [-0.05, 0) is 57.8 Å². The molecule has 0 saturated carbocycles. The van der Waals surface area contributed by atoms with Gasteiger partial charge in [-0.1, -0.05) is 0 Å². The quantitative estimate of drug-likeness (QED) is 0.842. The van der Waals surface area contributed by atoms with Gasteiger partial charge in [-0.25, -0.2) is 0 Å². The van der Waals surface area contributed by atoms with E-state index in [2.05, 4.69) is 10.6 Å². The lowest BCUT2D eigenvalue weighted by atomic mass is 10.0. The molecule has 1 aromatic heterocycles. The van der Waals surface area contributed by atoms with Crippen LogP contribution in [0, 0.1) is 12.8 Å². The third-order valence-electron chi connectivity index (χ3n) is 3.51. The van der Waals surface area contributed by atoms with Gasteiger partial charge in [0.1, 0.15) is 11.5 Å². The lowest BCUT2D eigenvalue weighted by molar-refractivity contribution is -0.122. The first-order valence-electron chi connectivity index (χ1n) is 6.71. The molecule has 1 fully saturated rings. The van der Waals surface area contributed by atoms with Gasteiger partial charge in [0, 0.05) is 6.42 Å². The molecule has 1 aliphatic rings. The van der Waals surface area contributed by atoms with Crippen LogP contribution in [-0.2, 0) is 4.79 Å². The molecule has 1 amide bonds. The lowest BCUT2D eigenvalue weighted by Crippen LogP contribution is -2.26. The maximum atomic E-state index is 11.8. The number of furan rings is 1. The molecule has 0 aliphatic carbocycles. The summed E-state index contributed by atoms with van der Waals surface area (Å²) in [6.07, 6.45) is 2.78. The molecule has 2 atom stereocenters. The molecular weight excluding hydrogens is 228 g/mol. The first-order chi connectivity index (χ1) is 8.65. The fraction of sp³-hybridized carbons (Fsp3) is 0.643. The molecule has 0 radical (unpaired) electrons. The van der Waals surface area contributed by atoms with Crippen molar-refractivity contribution < 1.29 is 9.21 Å². The molecule has 1 aliphatic heterocycles. The zero-order chi connectivity index (χ0) is 13.0. The van der Waals surface area contributed by atoms with Crippen molar-refractivity contribution in [1.82, 2.24) is 10.6 Å². The summed E-state index contributed by atoms with van der Waals surface area (Å²) >= 11 is 0. The SMILES string of the molecule is Cc1ccc(C(C)NC(=O)CCC2CCNC2)o1. The maximum Gasteiger partial charge on any atom is 0.220 e. The van der Waals surface area contributed by atoms with Crippen LogP contribution < -0.4 is 10.6 Å². The molecule has 100 valence electrons. The Morgan fingerprint density at radius 3 is 3.06 bits per heavy atom. The Morgan fingerprint density at radius 1 is 1.61 bits per heavy atom. The standard InChI is InChI=1S/C14H22N2O2/c1-10-3-5-13(18-10)11(2)16-14(17)6-4-12-7-8-15-9-12/h3,5,11-12,15H,4,6-9H2,1-2H3,(H,16,17). The van der Waals surface area contributed by atoms with Gasteiger partial charge in [0.05, 0.1) is 6.04 Å². The van der Waals surface area contributed by atoms with E-state index in [1.54, 1.807) is 0 Å². The monoisotopic (exact) mass is 250 g/mol. The number of hydrogen-bond donors (Lipinski definition) is 2. The van der Waals surface area contributed by atoms with Crippen molar-refractivity contribution in [3.63, 3.8) is 0 Å². The highest BCUT2D eigenvalue weighted by atomic mass is 16.3. The van der Waals surface area contributed by atoms with E-state index in [9.17, 15) is 4.79 Å². The summed E-state index contributed by atoms with van der Waals surface area (Å²) in [7, 11) is 0. The van der Waals surface area contributed by atoms with Gasteiger partial charge in [0.2, 0.25) is 5.91 Å². The zero-order valence-electron chi connectivity index (χ0n) is 11.2. The lowest BCUT2D eigenvalue weighted by Gasteiger charge is -2.13. The second kappa shape index (κ2) is 6.05. The van der Waals surface area contributed by atoms with Crippen LogP contribution in [0.15, 0.2) is 16.5 Å². The number of rotatable bonds is 5. The van der Waals surface area contributed by atoms with Gasteiger partial charge in [0.25, 0.3) is 0 Å². The molecule has 2 unspecified atom stereocenters. The molecule has 0 spiro atoms. The molecule has 1 aromatic rings. The summed E-state index contributed by atoms with van der Waals surface area (Å²) in [6, 6.07) is 3.79. The Balaban J connectivity index is 1.73. The van der Waals surface area contributed by atoms with Crippen molar-refractivity contribution in [2.24, 2.45) is 5.92 Å². The molecule has 1 saturated heterocycles. The fourth-order valence-corrected chi connectivity index (χ4v) is 2.37. The number of aryl methyl sites for hydroxylation is 1. The Kier molecular flexibility index (Phi) is 4.42. The van der Waals surface area contributed by atoms with E-state index in [1.807, 2.05) is 26.0 Å². The Labute approximate surface area is 108 Å². The largest absolute Gasteiger partial charge is 0.464 e. The van der Waals surface area contributed by atoms with Crippen LogP contribution in [0.2, 0.25) is 0 Å². The average molecular weight is 250 g/mol. The maximum absolute atomic E-state index is 11.8. The highest BCUT2D eigenvalue weighted by Gasteiger charge is 2.17. The van der Waals surface area contributed by atoms with Crippen LogP contribution in [-0.4, -0.2) is 19.0 Å². The van der Waals surface area contributed by atoms with Crippen LogP contribution in [0.25, 0.3) is 0 Å². The van der Waals surface area contributed by atoms with E-state index in [-0.39, 0.29) is 11.9 Å². The number of nitrogens with one attached hydrogen (secondary N) is 2. The number of carbonyl (C=O) groups excluding carboxylic acids is 1. The highest BCUT2D eigenvalue weighted by molar-refractivity contribution is 5.76. The third-order valence-corrected chi connectivity index (χ3v) is 3.51. The topological polar surface area (TPSA) is 54.3 Å². The van der Waals surface area contributed by atoms with Crippen LogP contribution in [0.3, 0.4) is 0 Å². The van der Waals surface area contributed by atoms with E-state index >= 15 is 0 Å². The summed E-state index contributed by atoms with van der Waals surface area (Å²) in [5.41, 5.74) is 0. The average Bonchev–Trinajstić information content (AvgIpc) is 2.97. The molecule has 2 heterocycles. The Bertz CT molecular complexity index is 394. The number of carbonyl (C=O) groups is 1. The Morgan fingerprint density at radius 2 is 2.44 bits per heavy atom. The van der Waals surface area contributed by atoms with Crippen molar-refractivity contribution in [1.29, 1.82) is 0 Å². The van der Waals surface area contributed by atoms with E-state index in [1.165, 1.54) is 6.42 Å². The fourth-order valence-electron chi connectivity index (χ4n) is 2.37. The molecule has 0 aromatic carbocycles. The minimum atomic E-state index is -0.0482. The van der Waals surface area contributed by atoms with Crippen LogP contribution in [0.4, 0.5) is 0 Å². The second-order valence-corrected chi connectivity index (χ2v) is 5.14.